The van der Waals surface area contributed by atoms with Crippen molar-refractivity contribution in [3.63, 3.8) is 0 Å². The number of nitrogens with zero attached hydrogens (tertiary/aromatic N) is 1. The second-order valence-electron chi connectivity index (χ2n) is 8.00. The zero-order valence-electron chi connectivity index (χ0n) is 19.7. The lowest BCUT2D eigenvalue weighted by Gasteiger charge is -2.22. The van der Waals surface area contributed by atoms with Crippen LogP contribution in [0.1, 0.15) is 58.3 Å². The average Bonchev–Trinajstić information content (AvgIpc) is 3.11. The van der Waals surface area contributed by atoms with Gasteiger partial charge in [-0.15, -0.1) is 0 Å². The second-order valence-corrected chi connectivity index (χ2v) is 8.00. The van der Waals surface area contributed by atoms with E-state index in [9.17, 15) is 33.6 Å². The molecule has 0 saturated carbocycles. The van der Waals surface area contributed by atoms with Gasteiger partial charge in [-0.2, -0.15) is 0 Å². The van der Waals surface area contributed by atoms with Crippen molar-refractivity contribution in [1.82, 2.24) is 20.9 Å². The van der Waals surface area contributed by atoms with Crippen molar-refractivity contribution in [2.24, 2.45) is 5.73 Å². The maximum Gasteiger partial charge on any atom is 0.312 e. The van der Waals surface area contributed by atoms with E-state index in [0.29, 0.717) is 25.7 Å². The van der Waals surface area contributed by atoms with Gasteiger partial charge in [0, 0.05) is 38.1 Å². The van der Waals surface area contributed by atoms with E-state index in [1.807, 2.05) is 0 Å². The van der Waals surface area contributed by atoms with Crippen LogP contribution in [-0.4, -0.2) is 76.6 Å². The number of hydrogen-bond donors (Lipinski definition) is 5. The first-order valence-electron chi connectivity index (χ1n) is 11.5. The molecule has 35 heavy (non-hydrogen) atoms. The third-order valence-electron chi connectivity index (χ3n) is 5.24. The van der Waals surface area contributed by atoms with Crippen LogP contribution in [-0.2, 0) is 28.8 Å². The quantitative estimate of drug-likeness (QED) is 0.129. The van der Waals surface area contributed by atoms with Gasteiger partial charge in [-0.3, -0.25) is 33.7 Å². The molecule has 0 aromatic carbocycles. The first kappa shape index (κ1) is 29.3. The number of carboxylic acids is 1. The Balaban J connectivity index is 2.53. The number of ketones is 1. The summed E-state index contributed by atoms with van der Waals surface area (Å²) < 4.78 is 0. The average molecular weight is 496 g/mol. The molecule has 0 bridgehead atoms. The fourth-order valence-corrected chi connectivity index (χ4v) is 3.38. The first-order valence-corrected chi connectivity index (χ1v) is 11.5. The Morgan fingerprint density at radius 3 is 2.20 bits per heavy atom. The van der Waals surface area contributed by atoms with Gasteiger partial charge in [-0.05, 0) is 25.7 Å². The van der Waals surface area contributed by atoms with Crippen LogP contribution in [0.3, 0.4) is 0 Å². The van der Waals surface area contributed by atoms with Crippen molar-refractivity contribution in [1.29, 1.82) is 0 Å². The Hall–Kier alpha value is -3.77. The number of carbonyl (C=O) groups excluding carboxylic acids is 6. The molecular weight excluding hydrogens is 462 g/mol. The van der Waals surface area contributed by atoms with Crippen LogP contribution in [0.4, 0.5) is 4.79 Å². The molecule has 13 heteroatoms. The second kappa shape index (κ2) is 15.2. The summed E-state index contributed by atoms with van der Waals surface area (Å²) in [4.78, 5) is 83.2. The first-order chi connectivity index (χ1) is 16.5. The number of urea groups is 1. The van der Waals surface area contributed by atoms with Gasteiger partial charge in [-0.1, -0.05) is 13.3 Å². The number of carboxylic acid groups (broad SMARTS) is 1. The number of nitrogens with two attached hydrogens (primary N) is 1. The zero-order valence-corrected chi connectivity index (χ0v) is 19.7. The van der Waals surface area contributed by atoms with Crippen LogP contribution in [0.15, 0.2) is 12.2 Å². The maximum absolute atomic E-state index is 12.7. The van der Waals surface area contributed by atoms with Crippen LogP contribution < -0.4 is 21.7 Å². The molecule has 0 radical (unpaired) electrons. The fourth-order valence-electron chi connectivity index (χ4n) is 3.38. The number of unbranched alkanes of at least 4 members (excludes halogenated alkanes) is 2. The predicted molar refractivity (Wildman–Crippen MR) is 123 cm³/mol. The number of nitrogens with one attached hydrogen (secondary N) is 3. The van der Waals surface area contributed by atoms with Crippen molar-refractivity contribution < 1.29 is 38.7 Å². The normalized spacial score (nSPS) is 14.4. The third kappa shape index (κ3) is 11.3. The minimum Gasteiger partial charge on any atom is -0.481 e. The highest BCUT2D eigenvalue weighted by atomic mass is 16.4. The highest BCUT2D eigenvalue weighted by Crippen LogP contribution is 2.08. The summed E-state index contributed by atoms with van der Waals surface area (Å²) >= 11 is 0. The van der Waals surface area contributed by atoms with E-state index in [1.165, 1.54) is 12.2 Å². The van der Waals surface area contributed by atoms with E-state index >= 15 is 0 Å². The maximum atomic E-state index is 12.7. The molecule has 6 amide bonds. The number of aliphatic carboxylic acids is 1. The monoisotopic (exact) mass is 495 g/mol. The highest BCUT2D eigenvalue weighted by Gasteiger charge is 2.28. The summed E-state index contributed by atoms with van der Waals surface area (Å²) in [5.74, 6) is -3.66. The van der Waals surface area contributed by atoms with Crippen LogP contribution in [0.2, 0.25) is 0 Å². The van der Waals surface area contributed by atoms with Crippen molar-refractivity contribution in [2.45, 2.75) is 70.4 Å². The van der Waals surface area contributed by atoms with Gasteiger partial charge in [0.2, 0.25) is 11.8 Å². The molecule has 0 aliphatic carbocycles. The zero-order chi connectivity index (χ0) is 26.4. The standard InChI is InChI=1S/C22H33N5O8/c1-2-16(28)14(7-6-11-24-22(23)35)26-21(34)15(13-20(32)33)25-17(29)8-4-3-5-12-27-18(30)9-10-19(27)31/h9-10,14-15H,2-8,11-13H2,1H3,(H,25,29)(H,26,34)(H,32,33)(H3,23,24,35)/t14-,15?/m0/s1. The summed E-state index contributed by atoms with van der Waals surface area (Å²) in [5, 5.41) is 16.4. The van der Waals surface area contributed by atoms with Crippen LogP contribution >= 0.6 is 0 Å². The number of Topliss-reactive ketones (excluding diaryl/α,β-unsaturated/α-hetero) is 1. The van der Waals surface area contributed by atoms with E-state index in [-0.39, 0.29) is 49.9 Å². The van der Waals surface area contributed by atoms with E-state index < -0.39 is 42.3 Å². The molecule has 1 unspecified atom stereocenters. The van der Waals surface area contributed by atoms with E-state index in [4.69, 9.17) is 10.8 Å². The molecule has 13 nitrogen and oxygen atoms in total. The summed E-state index contributed by atoms with van der Waals surface area (Å²) in [6.07, 6.45) is 3.85. The Labute approximate surface area is 202 Å². The lowest BCUT2D eigenvalue weighted by Crippen LogP contribution is -2.52. The minimum absolute atomic E-state index is 0.0135. The molecule has 0 aromatic rings. The van der Waals surface area contributed by atoms with E-state index in [0.717, 1.165) is 4.90 Å². The van der Waals surface area contributed by atoms with Gasteiger partial charge < -0.3 is 26.8 Å². The number of hydrogen-bond acceptors (Lipinski definition) is 7. The van der Waals surface area contributed by atoms with Gasteiger partial charge in [0.05, 0.1) is 12.5 Å². The Morgan fingerprint density at radius 1 is 0.971 bits per heavy atom. The number of primary amides is 1. The third-order valence-corrected chi connectivity index (χ3v) is 5.24. The number of rotatable bonds is 17. The van der Waals surface area contributed by atoms with Gasteiger partial charge in [-0.25, -0.2) is 4.79 Å². The lowest BCUT2D eigenvalue weighted by atomic mass is 10.0. The molecule has 1 heterocycles. The SMILES string of the molecule is CCC(=O)[C@H](CCCNC(N)=O)NC(=O)C(CC(=O)O)NC(=O)CCCCCN1C(=O)C=CC1=O. The van der Waals surface area contributed by atoms with E-state index in [2.05, 4.69) is 16.0 Å². The van der Waals surface area contributed by atoms with E-state index in [1.54, 1.807) is 6.92 Å². The Morgan fingerprint density at radius 2 is 1.63 bits per heavy atom. The topological polar surface area (TPSA) is 205 Å². The molecule has 2 atom stereocenters. The molecule has 1 rings (SSSR count). The lowest BCUT2D eigenvalue weighted by molar-refractivity contribution is -0.141. The minimum atomic E-state index is -1.37. The predicted octanol–water partition coefficient (Wildman–Crippen LogP) is -0.656. The highest BCUT2D eigenvalue weighted by molar-refractivity contribution is 6.12. The fraction of sp³-hybridized carbons (Fsp3) is 0.591. The van der Waals surface area contributed by atoms with Crippen LogP contribution in [0, 0.1) is 0 Å². The number of amides is 6. The molecule has 0 fully saturated rings. The summed E-state index contributed by atoms with van der Waals surface area (Å²) in [7, 11) is 0. The summed E-state index contributed by atoms with van der Waals surface area (Å²) in [5.41, 5.74) is 4.99. The van der Waals surface area contributed by atoms with Crippen molar-refractivity contribution in [2.75, 3.05) is 13.1 Å². The van der Waals surface area contributed by atoms with Crippen molar-refractivity contribution >= 4 is 41.4 Å². The van der Waals surface area contributed by atoms with Gasteiger partial charge in [0.15, 0.2) is 5.78 Å². The van der Waals surface area contributed by atoms with Crippen molar-refractivity contribution in [3.05, 3.63) is 12.2 Å². The van der Waals surface area contributed by atoms with Gasteiger partial charge in [0.25, 0.3) is 11.8 Å². The molecule has 1 aliphatic heterocycles. The summed E-state index contributed by atoms with van der Waals surface area (Å²) in [6.45, 7) is 2.05. The number of imide groups is 1. The largest absolute Gasteiger partial charge is 0.481 e. The molecule has 0 aromatic heterocycles. The molecular formula is C22H33N5O8. The van der Waals surface area contributed by atoms with Gasteiger partial charge >= 0.3 is 12.0 Å². The number of carbonyl (C=O) groups is 7. The van der Waals surface area contributed by atoms with Crippen LogP contribution in [0.5, 0.6) is 0 Å². The molecule has 0 saturated heterocycles. The Kier molecular flexibility index (Phi) is 12.7. The summed E-state index contributed by atoms with van der Waals surface area (Å²) in [6, 6.07) is -2.99. The smallest absolute Gasteiger partial charge is 0.312 e. The molecule has 6 N–H and O–H groups in total. The molecule has 1 aliphatic rings. The van der Waals surface area contributed by atoms with Gasteiger partial charge in [0.1, 0.15) is 6.04 Å². The van der Waals surface area contributed by atoms with Crippen LogP contribution in [0.25, 0.3) is 0 Å². The Bertz CT molecular complexity index is 839. The van der Waals surface area contributed by atoms with Crippen molar-refractivity contribution in [3.8, 4) is 0 Å². The molecule has 0 spiro atoms. The molecule has 194 valence electrons.